The molecule has 0 spiro atoms. The number of aryl methyl sites for hydroxylation is 1. The van der Waals surface area contributed by atoms with Crippen LogP contribution in [0.3, 0.4) is 0 Å². The average Bonchev–Trinajstić information content (AvgIpc) is 2.59. The highest BCUT2D eigenvalue weighted by Crippen LogP contribution is 2.37. The third-order valence-corrected chi connectivity index (χ3v) is 5.06. The molecule has 0 aliphatic carbocycles. The van der Waals surface area contributed by atoms with Gasteiger partial charge in [0, 0.05) is 18.8 Å². The Kier molecular flexibility index (Phi) is 6.47. The maximum absolute atomic E-state index is 11.5. The van der Waals surface area contributed by atoms with Crippen molar-refractivity contribution in [3.05, 3.63) is 65.7 Å². The fraction of sp³-hybridized carbons (Fsp3) is 0.346. The van der Waals surface area contributed by atoms with E-state index in [1.165, 1.54) is 12.1 Å². The second-order valence-electron chi connectivity index (χ2n) is 8.90. The largest absolute Gasteiger partial charge is 0.481 e. The zero-order valence-electron chi connectivity index (χ0n) is 18.3. The Hall–Kier alpha value is -2.85. The Labute approximate surface area is 178 Å². The number of nitrogens with zero attached hydrogens (tertiary/aromatic N) is 1. The van der Waals surface area contributed by atoms with Gasteiger partial charge in [-0.25, -0.2) is 0 Å². The highest BCUT2D eigenvalue weighted by Gasteiger charge is 2.18. The molecule has 30 heavy (non-hydrogen) atoms. The van der Waals surface area contributed by atoms with Crippen LogP contribution >= 0.6 is 0 Å². The van der Waals surface area contributed by atoms with Gasteiger partial charge in [0.2, 0.25) is 0 Å². The van der Waals surface area contributed by atoms with Crippen LogP contribution in [0.15, 0.2) is 54.6 Å². The van der Waals surface area contributed by atoms with Gasteiger partial charge in [-0.3, -0.25) is 4.79 Å². The van der Waals surface area contributed by atoms with Crippen LogP contribution in [0.4, 0.5) is 5.69 Å². The lowest BCUT2D eigenvalue weighted by Crippen LogP contribution is -2.36. The molecule has 0 atom stereocenters. The number of aliphatic carboxylic acids is 1. The number of rotatable bonds is 4. The van der Waals surface area contributed by atoms with Crippen molar-refractivity contribution in [2.45, 2.75) is 46.1 Å². The minimum atomic E-state index is -0.793. The van der Waals surface area contributed by atoms with Crippen molar-refractivity contribution >= 4 is 22.4 Å². The number of anilines is 1. The lowest BCUT2D eigenvalue weighted by atomic mass is 9.88. The molecule has 1 fully saturated rings. The molecule has 0 amide bonds. The predicted molar refractivity (Wildman–Crippen MR) is 124 cm³/mol. The maximum Gasteiger partial charge on any atom is 0.307 e. The predicted octanol–water partition coefficient (Wildman–Crippen LogP) is 5.43. The summed E-state index contributed by atoms with van der Waals surface area (Å²) in [5, 5.41) is 20.2. The standard InChI is InChI=1S/C22H21NO2.C4H10O/c1-15-12-16-6-2-3-9-19(16)22(20(15)14-21(24)25)17-7-4-8-18(13-17)23-10-5-11-23;1-4(2,3)5/h2-4,6-9,12-13H,5,10-11,14H2,1H3,(H,24,25);5H,1-3H3. The van der Waals surface area contributed by atoms with E-state index in [1.807, 2.05) is 19.1 Å². The molecule has 0 unspecified atom stereocenters. The van der Waals surface area contributed by atoms with Crippen LogP contribution in [0.2, 0.25) is 0 Å². The van der Waals surface area contributed by atoms with Gasteiger partial charge >= 0.3 is 5.97 Å². The first-order valence-corrected chi connectivity index (χ1v) is 10.4. The second kappa shape index (κ2) is 8.88. The van der Waals surface area contributed by atoms with E-state index in [1.54, 1.807) is 20.8 Å². The number of carboxylic acid groups (broad SMARTS) is 1. The van der Waals surface area contributed by atoms with Crippen LogP contribution in [0.5, 0.6) is 0 Å². The van der Waals surface area contributed by atoms with E-state index in [0.717, 1.165) is 46.1 Å². The fourth-order valence-corrected chi connectivity index (χ4v) is 3.67. The molecular weight excluding hydrogens is 374 g/mol. The van der Waals surface area contributed by atoms with Crippen molar-refractivity contribution in [1.29, 1.82) is 0 Å². The topological polar surface area (TPSA) is 60.8 Å². The van der Waals surface area contributed by atoms with Gasteiger partial charge in [-0.2, -0.15) is 0 Å². The van der Waals surface area contributed by atoms with Gasteiger partial charge in [0.05, 0.1) is 12.0 Å². The van der Waals surface area contributed by atoms with Crippen molar-refractivity contribution in [2.24, 2.45) is 0 Å². The molecule has 1 saturated heterocycles. The summed E-state index contributed by atoms with van der Waals surface area (Å²) < 4.78 is 0. The number of aliphatic hydroxyl groups is 1. The Morgan fingerprint density at radius 3 is 2.30 bits per heavy atom. The molecule has 1 aliphatic heterocycles. The highest BCUT2D eigenvalue weighted by atomic mass is 16.4. The molecule has 0 bridgehead atoms. The molecule has 3 aromatic rings. The number of hydrogen-bond donors (Lipinski definition) is 2. The van der Waals surface area contributed by atoms with Crippen molar-refractivity contribution in [1.82, 2.24) is 0 Å². The normalized spacial score (nSPS) is 13.4. The Bertz CT molecular complexity index is 1040. The van der Waals surface area contributed by atoms with Crippen LogP contribution in [0.1, 0.15) is 38.3 Å². The minimum absolute atomic E-state index is 0.0416. The molecule has 1 heterocycles. The third-order valence-electron chi connectivity index (χ3n) is 5.06. The van der Waals surface area contributed by atoms with Crippen LogP contribution < -0.4 is 4.90 Å². The van der Waals surface area contributed by atoms with Gasteiger partial charge in [0.25, 0.3) is 0 Å². The first-order chi connectivity index (χ1) is 14.1. The summed E-state index contributed by atoms with van der Waals surface area (Å²) in [6, 6.07) is 18.8. The SMILES string of the molecule is CC(C)(C)O.Cc1cc2ccccc2c(-c2cccc(N3CCC3)c2)c1CC(=O)O. The van der Waals surface area contributed by atoms with Crippen molar-refractivity contribution < 1.29 is 15.0 Å². The van der Waals surface area contributed by atoms with E-state index in [2.05, 4.69) is 47.4 Å². The van der Waals surface area contributed by atoms with E-state index >= 15 is 0 Å². The molecule has 0 radical (unpaired) electrons. The summed E-state index contributed by atoms with van der Waals surface area (Å²) in [6.07, 6.45) is 1.28. The van der Waals surface area contributed by atoms with Gasteiger partial charge in [-0.15, -0.1) is 0 Å². The molecule has 4 heteroatoms. The van der Waals surface area contributed by atoms with Gasteiger partial charge < -0.3 is 15.1 Å². The summed E-state index contributed by atoms with van der Waals surface area (Å²) in [7, 11) is 0. The zero-order chi connectivity index (χ0) is 21.9. The van der Waals surface area contributed by atoms with E-state index in [9.17, 15) is 9.90 Å². The fourth-order valence-electron chi connectivity index (χ4n) is 3.67. The number of carboxylic acids is 1. The van der Waals surface area contributed by atoms with Gasteiger partial charge in [-0.05, 0) is 79.3 Å². The van der Waals surface area contributed by atoms with Gasteiger partial charge in [-0.1, -0.05) is 42.5 Å². The Morgan fingerprint density at radius 1 is 1.03 bits per heavy atom. The van der Waals surface area contributed by atoms with Crippen LogP contribution in [-0.4, -0.2) is 34.9 Å². The van der Waals surface area contributed by atoms with E-state index in [4.69, 9.17) is 5.11 Å². The van der Waals surface area contributed by atoms with Crippen LogP contribution in [-0.2, 0) is 11.2 Å². The first-order valence-electron chi connectivity index (χ1n) is 10.4. The zero-order valence-corrected chi connectivity index (χ0v) is 18.3. The Balaban J connectivity index is 0.000000461. The van der Waals surface area contributed by atoms with Crippen LogP contribution in [0.25, 0.3) is 21.9 Å². The van der Waals surface area contributed by atoms with E-state index in [0.29, 0.717) is 0 Å². The molecule has 0 saturated carbocycles. The molecule has 2 N–H and O–H groups in total. The highest BCUT2D eigenvalue weighted by molar-refractivity contribution is 6.00. The Morgan fingerprint density at radius 2 is 1.70 bits per heavy atom. The monoisotopic (exact) mass is 405 g/mol. The summed E-state index contributed by atoms with van der Waals surface area (Å²) in [4.78, 5) is 13.8. The lowest BCUT2D eigenvalue weighted by molar-refractivity contribution is -0.136. The average molecular weight is 406 g/mol. The molecule has 4 rings (SSSR count). The molecule has 1 aliphatic rings. The lowest BCUT2D eigenvalue weighted by Gasteiger charge is -2.33. The third kappa shape index (κ3) is 5.39. The number of fused-ring (bicyclic) bond motifs is 1. The van der Waals surface area contributed by atoms with Gasteiger partial charge in [0.15, 0.2) is 0 Å². The smallest absolute Gasteiger partial charge is 0.307 e. The number of carbonyl (C=O) groups is 1. The summed E-state index contributed by atoms with van der Waals surface area (Å²) in [5.74, 6) is -0.793. The van der Waals surface area contributed by atoms with Crippen molar-refractivity contribution in [3.63, 3.8) is 0 Å². The van der Waals surface area contributed by atoms with Crippen LogP contribution in [0, 0.1) is 6.92 Å². The molecule has 3 aromatic carbocycles. The van der Waals surface area contributed by atoms with Gasteiger partial charge in [0.1, 0.15) is 0 Å². The van der Waals surface area contributed by atoms with E-state index in [-0.39, 0.29) is 6.42 Å². The summed E-state index contributed by atoms with van der Waals surface area (Å²) >= 11 is 0. The summed E-state index contributed by atoms with van der Waals surface area (Å²) in [5.41, 5.74) is 4.81. The maximum atomic E-state index is 11.5. The van der Waals surface area contributed by atoms with Crippen molar-refractivity contribution in [2.75, 3.05) is 18.0 Å². The molecule has 158 valence electrons. The number of benzene rings is 3. The summed E-state index contributed by atoms with van der Waals surface area (Å²) in [6.45, 7) is 9.43. The van der Waals surface area contributed by atoms with E-state index < -0.39 is 11.6 Å². The van der Waals surface area contributed by atoms with Crippen molar-refractivity contribution in [3.8, 4) is 11.1 Å². The minimum Gasteiger partial charge on any atom is -0.481 e. The molecule has 0 aromatic heterocycles. The first kappa shape index (κ1) is 21.8. The second-order valence-corrected chi connectivity index (χ2v) is 8.90. The quantitative estimate of drug-likeness (QED) is 0.608. The number of hydrogen-bond acceptors (Lipinski definition) is 3. The molecular formula is C26H31NO3. The molecule has 4 nitrogen and oxygen atoms in total.